The van der Waals surface area contributed by atoms with Gasteiger partial charge in [-0.15, -0.1) is 0 Å². The van der Waals surface area contributed by atoms with E-state index in [9.17, 15) is 0 Å². The second-order valence-electron chi connectivity index (χ2n) is 5.76. The van der Waals surface area contributed by atoms with E-state index in [1.165, 1.54) is 6.33 Å². The molecular formula is C19H21N3O3. The predicted molar refractivity (Wildman–Crippen MR) is 98.1 cm³/mol. The van der Waals surface area contributed by atoms with Crippen LogP contribution in [0.1, 0.15) is 13.8 Å². The first-order valence-electron chi connectivity index (χ1n) is 8.01. The Morgan fingerprint density at radius 3 is 2.24 bits per heavy atom. The normalized spacial score (nSPS) is 10.8. The fraction of sp³-hybridized carbons (Fsp3) is 0.263. The quantitative estimate of drug-likeness (QED) is 0.727. The maximum Gasteiger partial charge on any atom is 0.162 e. The second kappa shape index (κ2) is 7.25. The SMILES string of the molecule is COc1cc2ncnc(Nc3ccc(OC(C)C)cc3)c2cc1OC. The minimum atomic E-state index is 0.145. The average molecular weight is 339 g/mol. The number of nitrogens with one attached hydrogen (secondary N) is 1. The van der Waals surface area contributed by atoms with Gasteiger partial charge in [-0.1, -0.05) is 0 Å². The summed E-state index contributed by atoms with van der Waals surface area (Å²) in [5.74, 6) is 2.80. The van der Waals surface area contributed by atoms with Crippen LogP contribution in [-0.2, 0) is 0 Å². The first kappa shape index (κ1) is 16.8. The van der Waals surface area contributed by atoms with Crippen LogP contribution >= 0.6 is 0 Å². The van der Waals surface area contributed by atoms with Crippen LogP contribution < -0.4 is 19.5 Å². The molecule has 3 aromatic rings. The van der Waals surface area contributed by atoms with E-state index in [1.54, 1.807) is 14.2 Å². The van der Waals surface area contributed by atoms with E-state index in [4.69, 9.17) is 14.2 Å². The molecule has 0 radical (unpaired) electrons. The van der Waals surface area contributed by atoms with Gasteiger partial charge >= 0.3 is 0 Å². The monoisotopic (exact) mass is 339 g/mol. The summed E-state index contributed by atoms with van der Waals surface area (Å²) >= 11 is 0. The van der Waals surface area contributed by atoms with E-state index < -0.39 is 0 Å². The van der Waals surface area contributed by atoms with Gasteiger partial charge in [-0.2, -0.15) is 0 Å². The van der Waals surface area contributed by atoms with E-state index in [1.807, 2.05) is 50.2 Å². The third-order valence-electron chi connectivity index (χ3n) is 3.63. The van der Waals surface area contributed by atoms with Crippen LogP contribution in [0, 0.1) is 0 Å². The molecule has 0 amide bonds. The highest BCUT2D eigenvalue weighted by atomic mass is 16.5. The highest BCUT2D eigenvalue weighted by Crippen LogP contribution is 2.34. The molecule has 0 bridgehead atoms. The van der Waals surface area contributed by atoms with Crippen molar-refractivity contribution >= 4 is 22.4 Å². The molecule has 1 N–H and O–H groups in total. The topological polar surface area (TPSA) is 65.5 Å². The zero-order chi connectivity index (χ0) is 17.8. The third kappa shape index (κ3) is 3.74. The maximum atomic E-state index is 5.66. The summed E-state index contributed by atoms with van der Waals surface area (Å²) in [6, 6.07) is 11.5. The molecule has 0 atom stereocenters. The van der Waals surface area contributed by atoms with Crippen molar-refractivity contribution in [2.45, 2.75) is 20.0 Å². The Morgan fingerprint density at radius 2 is 1.60 bits per heavy atom. The molecule has 0 aliphatic carbocycles. The molecular weight excluding hydrogens is 318 g/mol. The number of ether oxygens (including phenoxy) is 3. The average Bonchev–Trinajstić information content (AvgIpc) is 2.62. The Morgan fingerprint density at radius 1 is 0.920 bits per heavy atom. The first-order chi connectivity index (χ1) is 12.1. The van der Waals surface area contributed by atoms with Crippen LogP contribution in [0.3, 0.4) is 0 Å². The Balaban J connectivity index is 1.93. The Kier molecular flexibility index (Phi) is 4.88. The lowest BCUT2D eigenvalue weighted by molar-refractivity contribution is 0.242. The standard InChI is InChI=1S/C19H21N3O3/c1-12(2)25-14-7-5-13(6-8-14)22-19-15-9-17(23-3)18(24-4)10-16(15)20-11-21-19/h5-12H,1-4H3,(H,20,21,22). The van der Waals surface area contributed by atoms with Crippen molar-refractivity contribution in [2.24, 2.45) is 0 Å². The van der Waals surface area contributed by atoms with Gasteiger partial charge in [-0.25, -0.2) is 9.97 Å². The number of aromatic nitrogens is 2. The predicted octanol–water partition coefficient (Wildman–Crippen LogP) is 4.18. The van der Waals surface area contributed by atoms with E-state index in [0.29, 0.717) is 17.3 Å². The molecule has 0 spiro atoms. The minimum absolute atomic E-state index is 0.145. The van der Waals surface area contributed by atoms with Gasteiger partial charge in [-0.05, 0) is 44.2 Å². The fourth-order valence-electron chi connectivity index (χ4n) is 2.51. The van der Waals surface area contributed by atoms with Crippen molar-refractivity contribution in [3.8, 4) is 17.2 Å². The van der Waals surface area contributed by atoms with Crippen LogP contribution in [0.15, 0.2) is 42.7 Å². The lowest BCUT2D eigenvalue weighted by atomic mass is 10.2. The zero-order valence-electron chi connectivity index (χ0n) is 14.7. The number of fused-ring (bicyclic) bond motifs is 1. The third-order valence-corrected chi connectivity index (χ3v) is 3.63. The Labute approximate surface area is 146 Å². The molecule has 0 aliphatic rings. The number of hydrogen-bond donors (Lipinski definition) is 1. The molecule has 2 aromatic carbocycles. The summed E-state index contributed by atoms with van der Waals surface area (Å²) < 4.78 is 16.4. The van der Waals surface area contributed by atoms with Gasteiger partial charge in [0.15, 0.2) is 11.5 Å². The molecule has 1 aromatic heterocycles. The van der Waals surface area contributed by atoms with Crippen LogP contribution in [0.2, 0.25) is 0 Å². The smallest absolute Gasteiger partial charge is 0.162 e. The number of methoxy groups -OCH3 is 2. The summed E-state index contributed by atoms with van der Waals surface area (Å²) in [5, 5.41) is 4.16. The molecule has 0 aliphatic heterocycles. The molecule has 130 valence electrons. The Hall–Kier alpha value is -3.02. The summed E-state index contributed by atoms with van der Waals surface area (Å²) in [7, 11) is 3.21. The fourth-order valence-corrected chi connectivity index (χ4v) is 2.51. The molecule has 6 nitrogen and oxygen atoms in total. The van der Waals surface area contributed by atoms with Crippen LogP contribution in [0.4, 0.5) is 11.5 Å². The highest BCUT2D eigenvalue weighted by Gasteiger charge is 2.11. The van der Waals surface area contributed by atoms with Crippen molar-refractivity contribution < 1.29 is 14.2 Å². The van der Waals surface area contributed by atoms with Gasteiger partial charge in [0, 0.05) is 17.1 Å². The van der Waals surface area contributed by atoms with Crippen LogP contribution in [-0.4, -0.2) is 30.3 Å². The molecule has 0 saturated carbocycles. The number of hydrogen-bond acceptors (Lipinski definition) is 6. The lowest BCUT2D eigenvalue weighted by Gasteiger charge is -2.13. The molecule has 6 heteroatoms. The van der Waals surface area contributed by atoms with Crippen molar-refractivity contribution in [1.82, 2.24) is 9.97 Å². The van der Waals surface area contributed by atoms with Crippen LogP contribution in [0.5, 0.6) is 17.2 Å². The van der Waals surface area contributed by atoms with E-state index >= 15 is 0 Å². The van der Waals surface area contributed by atoms with Gasteiger partial charge in [0.1, 0.15) is 17.9 Å². The summed E-state index contributed by atoms with van der Waals surface area (Å²) in [6.07, 6.45) is 1.67. The van der Waals surface area contributed by atoms with Crippen molar-refractivity contribution in [3.05, 3.63) is 42.7 Å². The molecule has 0 fully saturated rings. The highest BCUT2D eigenvalue weighted by molar-refractivity contribution is 5.93. The van der Waals surface area contributed by atoms with Gasteiger partial charge in [-0.3, -0.25) is 0 Å². The zero-order valence-corrected chi connectivity index (χ0v) is 14.7. The van der Waals surface area contributed by atoms with Gasteiger partial charge in [0.2, 0.25) is 0 Å². The molecule has 1 heterocycles. The minimum Gasteiger partial charge on any atom is -0.493 e. The van der Waals surface area contributed by atoms with Crippen molar-refractivity contribution in [3.63, 3.8) is 0 Å². The summed E-state index contributed by atoms with van der Waals surface area (Å²) in [5.41, 5.74) is 1.68. The van der Waals surface area contributed by atoms with E-state index in [-0.39, 0.29) is 6.10 Å². The maximum absolute atomic E-state index is 5.66. The van der Waals surface area contributed by atoms with E-state index in [0.717, 1.165) is 22.3 Å². The number of anilines is 2. The molecule has 25 heavy (non-hydrogen) atoms. The van der Waals surface area contributed by atoms with Crippen molar-refractivity contribution in [2.75, 3.05) is 19.5 Å². The number of benzene rings is 2. The van der Waals surface area contributed by atoms with Crippen LogP contribution in [0.25, 0.3) is 10.9 Å². The Bertz CT molecular complexity index is 864. The summed E-state index contributed by atoms with van der Waals surface area (Å²) in [4.78, 5) is 8.66. The van der Waals surface area contributed by atoms with Gasteiger partial charge in [0.25, 0.3) is 0 Å². The number of nitrogens with zero attached hydrogens (tertiary/aromatic N) is 2. The molecule has 0 saturated heterocycles. The lowest BCUT2D eigenvalue weighted by Crippen LogP contribution is -2.05. The van der Waals surface area contributed by atoms with E-state index in [2.05, 4.69) is 15.3 Å². The molecule has 3 rings (SSSR count). The second-order valence-corrected chi connectivity index (χ2v) is 5.76. The molecule has 0 unspecified atom stereocenters. The summed E-state index contributed by atoms with van der Waals surface area (Å²) in [6.45, 7) is 4.00. The number of rotatable bonds is 6. The largest absolute Gasteiger partial charge is 0.493 e. The first-order valence-corrected chi connectivity index (χ1v) is 8.01. The van der Waals surface area contributed by atoms with Gasteiger partial charge < -0.3 is 19.5 Å². The van der Waals surface area contributed by atoms with Crippen molar-refractivity contribution in [1.29, 1.82) is 0 Å². The van der Waals surface area contributed by atoms with Gasteiger partial charge in [0.05, 0.1) is 25.8 Å².